The molecule has 1 rings (SSSR count). The van der Waals surface area contributed by atoms with Crippen molar-refractivity contribution in [1.82, 2.24) is 0 Å². The smallest absolute Gasteiger partial charge is 0.224 e. The van der Waals surface area contributed by atoms with Crippen molar-refractivity contribution in [3.05, 3.63) is 29.3 Å². The molecule has 0 aromatic heterocycles. The fourth-order valence-electron chi connectivity index (χ4n) is 1.92. The Morgan fingerprint density at radius 3 is 1.96 bits per heavy atom. The topological polar surface area (TPSA) is 20.3 Å². The van der Waals surface area contributed by atoms with Crippen LogP contribution in [0, 0.1) is 0 Å². The average Bonchev–Trinajstić information content (AvgIpc) is 2.52. The van der Waals surface area contributed by atoms with Crippen molar-refractivity contribution in [3.8, 4) is 0 Å². The molecule has 0 fully saturated rings. The minimum atomic E-state index is 0.0585. The van der Waals surface area contributed by atoms with Crippen molar-refractivity contribution in [1.29, 1.82) is 0 Å². The number of benzene rings is 1. The second-order valence-electron chi connectivity index (χ2n) is 4.71. The first kappa shape index (κ1) is 26.9. The Bertz CT molecular complexity index is 380. The van der Waals surface area contributed by atoms with E-state index in [4.69, 9.17) is 11.6 Å². The van der Waals surface area contributed by atoms with Gasteiger partial charge < -0.3 is 4.90 Å². The molecule has 1 atom stereocenters. The van der Waals surface area contributed by atoms with E-state index in [0.29, 0.717) is 5.02 Å². The molecule has 1 aromatic rings. The summed E-state index contributed by atoms with van der Waals surface area (Å²) >= 11 is 5.94. The zero-order chi connectivity index (χ0) is 18.8. The standard InChI is InChI=1S/C13H18ClNO.C3H8.2C2H6/c1-4-6-10(2)15(11(3)16)13-8-5-7-12(14)9-13;1-3-2;2*1-2/h5,7-10H,4,6H2,1-3H3;3H2,1-2H3;2*1-2H3. The predicted molar refractivity (Wildman–Crippen MR) is 108 cm³/mol. The molecule has 0 saturated heterocycles. The number of hydrogen-bond donors (Lipinski definition) is 0. The monoisotopic (exact) mass is 343 g/mol. The van der Waals surface area contributed by atoms with Gasteiger partial charge in [-0.05, 0) is 31.5 Å². The fourth-order valence-corrected chi connectivity index (χ4v) is 2.10. The molecular weight excluding hydrogens is 306 g/mol. The Balaban J connectivity index is -0.000000496. The molecule has 0 aliphatic rings. The summed E-state index contributed by atoms with van der Waals surface area (Å²) in [5, 5.41) is 0.660. The second kappa shape index (κ2) is 19.0. The van der Waals surface area contributed by atoms with Gasteiger partial charge >= 0.3 is 0 Å². The maximum absolute atomic E-state index is 11.7. The van der Waals surface area contributed by atoms with E-state index >= 15 is 0 Å². The lowest BCUT2D eigenvalue weighted by Gasteiger charge is -2.28. The van der Waals surface area contributed by atoms with Gasteiger partial charge in [-0.3, -0.25) is 4.79 Å². The van der Waals surface area contributed by atoms with Gasteiger partial charge in [0.1, 0.15) is 0 Å². The van der Waals surface area contributed by atoms with Crippen LogP contribution < -0.4 is 4.90 Å². The maximum atomic E-state index is 11.7. The Morgan fingerprint density at radius 2 is 1.61 bits per heavy atom. The number of carbonyl (C=O) groups excluding carboxylic acids is 1. The third-order valence-electron chi connectivity index (χ3n) is 2.57. The Labute approximate surface area is 150 Å². The van der Waals surface area contributed by atoms with Crippen LogP contribution in [0.3, 0.4) is 0 Å². The molecule has 3 heteroatoms. The van der Waals surface area contributed by atoms with Gasteiger partial charge in [0.05, 0.1) is 0 Å². The highest BCUT2D eigenvalue weighted by Crippen LogP contribution is 2.23. The van der Waals surface area contributed by atoms with Crippen molar-refractivity contribution in [2.24, 2.45) is 0 Å². The molecule has 1 aromatic carbocycles. The van der Waals surface area contributed by atoms with Crippen LogP contribution in [0.5, 0.6) is 0 Å². The van der Waals surface area contributed by atoms with Crippen molar-refractivity contribution >= 4 is 23.2 Å². The molecule has 136 valence electrons. The van der Waals surface area contributed by atoms with E-state index in [1.165, 1.54) is 6.42 Å². The Morgan fingerprint density at radius 1 is 1.13 bits per heavy atom. The molecule has 1 amide bonds. The molecule has 0 bridgehead atoms. The number of carbonyl (C=O) groups is 1. The lowest BCUT2D eigenvalue weighted by Crippen LogP contribution is -2.37. The number of halogens is 1. The molecule has 0 N–H and O–H groups in total. The second-order valence-corrected chi connectivity index (χ2v) is 5.15. The van der Waals surface area contributed by atoms with Gasteiger partial charge in [0.15, 0.2) is 0 Å². The highest BCUT2D eigenvalue weighted by molar-refractivity contribution is 6.30. The minimum absolute atomic E-state index is 0.0585. The predicted octanol–water partition coefficient (Wildman–Crippen LogP) is 7.35. The molecule has 0 saturated carbocycles. The van der Waals surface area contributed by atoms with Crippen molar-refractivity contribution in [3.63, 3.8) is 0 Å². The summed E-state index contributed by atoms with van der Waals surface area (Å²) in [4.78, 5) is 13.5. The van der Waals surface area contributed by atoms with Gasteiger partial charge in [-0.2, -0.15) is 0 Å². The summed E-state index contributed by atoms with van der Waals surface area (Å²) < 4.78 is 0. The number of hydrogen-bond acceptors (Lipinski definition) is 1. The lowest BCUT2D eigenvalue weighted by atomic mass is 10.1. The third-order valence-corrected chi connectivity index (χ3v) is 2.81. The summed E-state index contributed by atoms with van der Waals surface area (Å²) in [6.07, 6.45) is 3.30. The summed E-state index contributed by atoms with van der Waals surface area (Å²) in [5.74, 6) is 0.0585. The van der Waals surface area contributed by atoms with Gasteiger partial charge in [-0.1, -0.05) is 79.0 Å². The van der Waals surface area contributed by atoms with Crippen LogP contribution >= 0.6 is 11.6 Å². The fraction of sp³-hybridized carbons (Fsp3) is 0.650. The average molecular weight is 344 g/mol. The van der Waals surface area contributed by atoms with Crippen LogP contribution in [0.15, 0.2) is 24.3 Å². The molecular formula is C20H38ClNO. The van der Waals surface area contributed by atoms with Crippen molar-refractivity contribution < 1.29 is 4.79 Å². The van der Waals surface area contributed by atoms with Gasteiger partial charge in [-0.25, -0.2) is 0 Å². The maximum Gasteiger partial charge on any atom is 0.224 e. The first-order chi connectivity index (χ1) is 11.0. The molecule has 2 nitrogen and oxygen atoms in total. The zero-order valence-electron chi connectivity index (χ0n) is 16.7. The Kier molecular flexibility index (Phi) is 22.2. The van der Waals surface area contributed by atoms with Crippen LogP contribution in [0.4, 0.5) is 5.69 Å². The van der Waals surface area contributed by atoms with Crippen molar-refractivity contribution in [2.45, 2.75) is 87.6 Å². The van der Waals surface area contributed by atoms with E-state index < -0.39 is 0 Å². The number of amides is 1. The van der Waals surface area contributed by atoms with E-state index in [1.54, 1.807) is 11.8 Å². The molecule has 1 unspecified atom stereocenters. The lowest BCUT2D eigenvalue weighted by molar-refractivity contribution is -0.117. The molecule has 0 radical (unpaired) electrons. The van der Waals surface area contributed by atoms with E-state index in [2.05, 4.69) is 27.7 Å². The van der Waals surface area contributed by atoms with E-state index in [9.17, 15) is 4.79 Å². The number of anilines is 1. The Hall–Kier alpha value is -1.02. The minimum Gasteiger partial charge on any atom is -0.310 e. The quantitative estimate of drug-likeness (QED) is 0.559. The molecule has 23 heavy (non-hydrogen) atoms. The van der Waals surface area contributed by atoms with E-state index in [-0.39, 0.29) is 11.9 Å². The van der Waals surface area contributed by atoms with Crippen LogP contribution in [-0.4, -0.2) is 11.9 Å². The first-order valence-electron chi connectivity index (χ1n) is 9.03. The van der Waals surface area contributed by atoms with Gasteiger partial charge in [0.2, 0.25) is 5.91 Å². The number of nitrogens with zero attached hydrogens (tertiary/aromatic N) is 1. The molecule has 0 heterocycles. The summed E-state index contributed by atoms with van der Waals surface area (Å²) in [6.45, 7) is 18.0. The highest BCUT2D eigenvalue weighted by Gasteiger charge is 2.17. The van der Waals surface area contributed by atoms with Crippen LogP contribution in [0.1, 0.15) is 81.6 Å². The highest BCUT2D eigenvalue weighted by atomic mass is 35.5. The van der Waals surface area contributed by atoms with Gasteiger partial charge in [0.25, 0.3) is 0 Å². The number of rotatable bonds is 4. The zero-order valence-corrected chi connectivity index (χ0v) is 17.5. The van der Waals surface area contributed by atoms with E-state index in [1.807, 2.05) is 52.0 Å². The third kappa shape index (κ3) is 13.1. The normalized spacial score (nSPS) is 9.83. The molecule has 0 spiro atoms. The van der Waals surface area contributed by atoms with Crippen LogP contribution in [-0.2, 0) is 4.79 Å². The SMILES string of the molecule is CC.CC.CCC.CCCC(C)N(C(C)=O)c1cccc(Cl)c1. The summed E-state index contributed by atoms with van der Waals surface area (Å²) in [7, 11) is 0. The first-order valence-corrected chi connectivity index (χ1v) is 9.40. The summed E-state index contributed by atoms with van der Waals surface area (Å²) in [5.41, 5.74) is 0.876. The largest absolute Gasteiger partial charge is 0.310 e. The van der Waals surface area contributed by atoms with Gasteiger partial charge in [-0.15, -0.1) is 0 Å². The molecule has 0 aliphatic heterocycles. The van der Waals surface area contributed by atoms with Gasteiger partial charge in [0, 0.05) is 23.7 Å². The molecule has 0 aliphatic carbocycles. The van der Waals surface area contributed by atoms with E-state index in [0.717, 1.165) is 18.5 Å². The van der Waals surface area contributed by atoms with Crippen LogP contribution in [0.25, 0.3) is 0 Å². The van der Waals surface area contributed by atoms with Crippen LogP contribution in [0.2, 0.25) is 5.02 Å². The summed E-state index contributed by atoms with van der Waals surface area (Å²) in [6, 6.07) is 7.63. The van der Waals surface area contributed by atoms with Crippen molar-refractivity contribution in [2.75, 3.05) is 4.90 Å².